The Hall–Kier alpha value is -5.14. The number of thioether (sulfide) groups is 2. The Labute approximate surface area is 450 Å². The highest BCUT2D eigenvalue weighted by atomic mass is 32.2. The van der Waals surface area contributed by atoms with Gasteiger partial charge < -0.3 is 45.7 Å². The van der Waals surface area contributed by atoms with Crippen LogP contribution in [0.2, 0.25) is 0 Å². The van der Waals surface area contributed by atoms with E-state index in [1.165, 1.54) is 11.9 Å². The lowest BCUT2D eigenvalue weighted by Crippen LogP contribution is -2.58. The van der Waals surface area contributed by atoms with Crippen molar-refractivity contribution in [2.45, 2.75) is 177 Å². The van der Waals surface area contributed by atoms with Gasteiger partial charge in [-0.25, -0.2) is 4.79 Å². The SMILES string of the molecule is C[C@@H](C(=O)N[C@H]1CCS[C@H]2CC(C)(C)[C@@H](C(=O)N[C@H]3c4ccccc4C[C@H]3OCc3ccc(CO[C@@H]4Cc5ccccc5[C@@H]4NC(=O)C4C[C@H](N)C(=O)N5CC(C)(C)C[C@@H]5S4)cc3)N2C1=O)N(C)C(=O)OC(C)(C)C. The smallest absolute Gasteiger partial charge is 0.410 e. The summed E-state index contributed by atoms with van der Waals surface area (Å²) in [6.07, 6.45) is 1.99. The maximum atomic E-state index is 14.8. The van der Waals surface area contributed by atoms with Crippen LogP contribution in [0.5, 0.6) is 0 Å². The van der Waals surface area contributed by atoms with Gasteiger partial charge in [-0.15, -0.1) is 23.5 Å². The summed E-state index contributed by atoms with van der Waals surface area (Å²) >= 11 is 3.17. The van der Waals surface area contributed by atoms with Gasteiger partial charge in [-0.2, -0.15) is 0 Å². The Morgan fingerprint density at radius 1 is 0.787 bits per heavy atom. The first-order valence-electron chi connectivity index (χ1n) is 26.5. The first-order chi connectivity index (χ1) is 35.5. The number of rotatable bonds is 13. The molecule has 1 unspecified atom stereocenters. The average molecular weight is 1070 g/mol. The number of ether oxygens (including phenoxy) is 3. The number of hydrogen-bond donors (Lipinski definition) is 4. The van der Waals surface area contributed by atoms with Crippen molar-refractivity contribution >= 4 is 59.2 Å². The zero-order chi connectivity index (χ0) is 53.7. The first kappa shape index (κ1) is 54.6. The van der Waals surface area contributed by atoms with Gasteiger partial charge in [0.15, 0.2) is 0 Å². The molecule has 6 aliphatic rings. The van der Waals surface area contributed by atoms with Crippen LogP contribution in [0.25, 0.3) is 0 Å². The highest BCUT2D eigenvalue weighted by molar-refractivity contribution is 8.01. The Morgan fingerprint density at radius 2 is 1.35 bits per heavy atom. The fourth-order valence-corrected chi connectivity index (χ4v) is 15.0. The normalized spacial score (nSPS) is 29.0. The minimum Gasteiger partial charge on any atom is -0.444 e. The molecule has 16 nitrogen and oxygen atoms in total. The molecule has 0 saturated carbocycles. The first-order valence-corrected chi connectivity index (χ1v) is 28.4. The fourth-order valence-electron chi connectivity index (χ4n) is 11.7. The molecule has 0 radical (unpaired) electrons. The maximum Gasteiger partial charge on any atom is 0.410 e. The molecule has 9 rings (SSSR count). The van der Waals surface area contributed by atoms with Crippen molar-refractivity contribution in [2.24, 2.45) is 16.6 Å². The van der Waals surface area contributed by atoms with Gasteiger partial charge in [0.1, 0.15) is 23.7 Å². The van der Waals surface area contributed by atoms with E-state index < -0.39 is 58.5 Å². The molecule has 3 aromatic rings. The third-order valence-electron chi connectivity index (χ3n) is 15.8. The molecule has 0 spiro atoms. The second kappa shape index (κ2) is 21.7. The van der Waals surface area contributed by atoms with E-state index in [1.54, 1.807) is 56.1 Å². The highest BCUT2D eigenvalue weighted by Gasteiger charge is 2.55. The molecule has 404 valence electrons. The van der Waals surface area contributed by atoms with Crippen LogP contribution in [0.4, 0.5) is 4.79 Å². The van der Waals surface area contributed by atoms with Crippen molar-refractivity contribution in [1.82, 2.24) is 30.7 Å². The molecular formula is C57H75N7O9S2. The number of nitrogens with two attached hydrogens (primary N) is 1. The van der Waals surface area contributed by atoms with Crippen LogP contribution in [0.15, 0.2) is 72.8 Å². The molecule has 18 heteroatoms. The Kier molecular flexibility index (Phi) is 15.8. The van der Waals surface area contributed by atoms with E-state index in [9.17, 15) is 28.8 Å². The zero-order valence-electron chi connectivity index (χ0n) is 44.8. The van der Waals surface area contributed by atoms with Gasteiger partial charge in [-0.1, -0.05) is 100 Å². The molecule has 4 heterocycles. The molecule has 4 aliphatic heterocycles. The van der Waals surface area contributed by atoms with Crippen LogP contribution in [-0.2, 0) is 64.2 Å². The predicted octanol–water partition coefficient (Wildman–Crippen LogP) is 6.53. The second-order valence-electron chi connectivity index (χ2n) is 23.8. The number of fused-ring (bicyclic) bond motifs is 4. The summed E-state index contributed by atoms with van der Waals surface area (Å²) in [5.74, 6) is -0.676. The van der Waals surface area contributed by atoms with E-state index in [1.807, 2.05) is 79.4 Å². The molecule has 0 aromatic heterocycles. The van der Waals surface area contributed by atoms with Crippen LogP contribution in [0.1, 0.15) is 127 Å². The van der Waals surface area contributed by atoms with Crippen molar-refractivity contribution in [3.8, 4) is 0 Å². The number of nitrogens with zero attached hydrogens (tertiary/aromatic N) is 3. The van der Waals surface area contributed by atoms with Crippen LogP contribution in [0, 0.1) is 10.8 Å². The van der Waals surface area contributed by atoms with Crippen molar-refractivity contribution in [3.63, 3.8) is 0 Å². The van der Waals surface area contributed by atoms with E-state index >= 15 is 0 Å². The number of likely N-dealkylation sites (N-methyl/N-ethyl adjacent to an activating group) is 1. The van der Waals surface area contributed by atoms with E-state index in [4.69, 9.17) is 19.9 Å². The summed E-state index contributed by atoms with van der Waals surface area (Å²) in [5.41, 5.74) is 11.2. The lowest BCUT2D eigenvalue weighted by Gasteiger charge is -2.35. The molecule has 5 N–H and O–H groups in total. The Balaban J connectivity index is 0.824. The monoisotopic (exact) mass is 1070 g/mol. The van der Waals surface area contributed by atoms with Crippen LogP contribution < -0.4 is 21.7 Å². The predicted molar refractivity (Wildman–Crippen MR) is 289 cm³/mol. The van der Waals surface area contributed by atoms with Crippen molar-refractivity contribution in [2.75, 3.05) is 19.3 Å². The van der Waals surface area contributed by atoms with E-state index in [0.717, 1.165) is 39.8 Å². The summed E-state index contributed by atoms with van der Waals surface area (Å²) in [4.78, 5) is 87.8. The molecule has 4 saturated heterocycles. The molecule has 4 fully saturated rings. The van der Waals surface area contributed by atoms with Gasteiger partial charge in [0.25, 0.3) is 0 Å². The standard InChI is InChI=1S/C57H75N7O9S2/c1-32(62(9)54(70)73-55(2,3)4)49(65)59-40-22-23-74-45-28-57(7,8)48(64(45)53(40)69)51(67)61-47-38-17-13-11-15-36(38)25-42(47)72-30-34-20-18-33(19-21-34)29-71-41-24-35-14-10-12-16-37(35)46(41)60-50(66)43-26-39(58)52(68)63-31-56(5,6)27-44(63)75-43/h10-21,32,39-48H,22-31,58H2,1-9H3,(H,59,65)(H,60,66)(H,61,67)/t32-,39-,40-,41+,42+,43?,44-,45-,46-,47-,48+/m0/s1. The number of carbonyl (C=O) groups is 6. The van der Waals surface area contributed by atoms with E-state index in [2.05, 4.69) is 41.9 Å². The molecule has 75 heavy (non-hydrogen) atoms. The molecule has 2 aliphatic carbocycles. The van der Waals surface area contributed by atoms with Crippen LogP contribution in [-0.4, -0.2) is 128 Å². The largest absolute Gasteiger partial charge is 0.444 e. The summed E-state index contributed by atoms with van der Waals surface area (Å²) < 4.78 is 18.8. The van der Waals surface area contributed by atoms with Crippen molar-refractivity contribution in [1.29, 1.82) is 0 Å². The molecule has 6 amide bonds. The van der Waals surface area contributed by atoms with Gasteiger partial charge in [0.05, 0.1) is 59.5 Å². The zero-order valence-corrected chi connectivity index (χ0v) is 46.4. The van der Waals surface area contributed by atoms with Gasteiger partial charge >= 0.3 is 6.09 Å². The molecular weight excluding hydrogens is 991 g/mol. The minimum atomic E-state index is -0.907. The van der Waals surface area contributed by atoms with Crippen LogP contribution >= 0.6 is 23.5 Å². The van der Waals surface area contributed by atoms with Gasteiger partial charge in [-0.3, -0.25) is 28.9 Å². The molecule has 0 bridgehead atoms. The summed E-state index contributed by atoms with van der Waals surface area (Å²) in [7, 11) is 1.49. The van der Waals surface area contributed by atoms with Crippen LogP contribution in [0.3, 0.4) is 0 Å². The van der Waals surface area contributed by atoms with E-state index in [0.29, 0.717) is 51.2 Å². The van der Waals surface area contributed by atoms with E-state index in [-0.39, 0.29) is 64.5 Å². The third-order valence-corrected chi connectivity index (χ3v) is 18.5. The Morgan fingerprint density at radius 3 is 1.92 bits per heavy atom. The van der Waals surface area contributed by atoms with Crippen molar-refractivity contribution in [3.05, 3.63) is 106 Å². The third kappa shape index (κ3) is 11.9. The van der Waals surface area contributed by atoms with Gasteiger partial charge in [-0.05, 0) is 103 Å². The Bertz CT molecular complexity index is 2660. The van der Waals surface area contributed by atoms with Gasteiger partial charge in [0.2, 0.25) is 29.5 Å². The quantitative estimate of drug-likeness (QED) is 0.144. The van der Waals surface area contributed by atoms with Gasteiger partial charge in [0, 0.05) is 26.4 Å². The molecule has 11 atom stereocenters. The second-order valence-corrected chi connectivity index (χ2v) is 26.5. The summed E-state index contributed by atoms with van der Waals surface area (Å²) in [5, 5.41) is 8.78. The number of carbonyl (C=O) groups excluding carboxylic acids is 6. The summed E-state index contributed by atoms with van der Waals surface area (Å²) in [6.45, 7) is 16.5. The lowest BCUT2D eigenvalue weighted by atomic mass is 9.83. The topological polar surface area (TPSA) is 202 Å². The number of amides is 6. The lowest BCUT2D eigenvalue weighted by molar-refractivity contribution is -0.144. The van der Waals surface area contributed by atoms with Crippen molar-refractivity contribution < 1.29 is 43.0 Å². The number of hydrogen-bond acceptors (Lipinski definition) is 12. The number of benzene rings is 3. The fraction of sp³-hybridized carbons (Fsp3) is 0.579. The molecule has 3 aromatic carbocycles. The maximum absolute atomic E-state index is 14.8. The average Bonchev–Trinajstić information content (AvgIpc) is 4.02. The minimum absolute atomic E-state index is 0.0389. The highest BCUT2D eigenvalue weighted by Crippen LogP contribution is 2.48. The number of nitrogens with one attached hydrogen (secondary N) is 3. The summed E-state index contributed by atoms with van der Waals surface area (Å²) in [6, 6.07) is 20.1.